The number of nitrogens with zero attached hydrogens (tertiary/aromatic N) is 2. The first-order chi connectivity index (χ1) is 14.8. The molecule has 1 aromatic heterocycles. The number of hydrogen-bond donors (Lipinski definition) is 3. The Hall–Kier alpha value is -3.59. The van der Waals surface area contributed by atoms with Crippen molar-refractivity contribution in [1.29, 1.82) is 0 Å². The van der Waals surface area contributed by atoms with Crippen LogP contribution in [0, 0.1) is 0 Å². The fourth-order valence-corrected chi connectivity index (χ4v) is 3.64. The van der Waals surface area contributed by atoms with E-state index in [2.05, 4.69) is 15.7 Å². The average Bonchev–Trinajstić information content (AvgIpc) is 3.23. The molecule has 4 N–H and O–H groups in total. The first-order valence-corrected chi connectivity index (χ1v) is 10.6. The maximum atomic E-state index is 12.8. The van der Waals surface area contributed by atoms with E-state index in [1.807, 2.05) is 26.0 Å². The Labute approximate surface area is 184 Å². The molecule has 8 nitrogen and oxygen atoms in total. The Morgan fingerprint density at radius 1 is 1.06 bits per heavy atom. The van der Waals surface area contributed by atoms with Crippen LogP contribution in [-0.2, 0) is 4.79 Å². The molecule has 0 aliphatic carbocycles. The Morgan fingerprint density at radius 2 is 1.77 bits per heavy atom. The van der Waals surface area contributed by atoms with Crippen molar-refractivity contribution in [2.45, 2.75) is 24.8 Å². The van der Waals surface area contributed by atoms with Gasteiger partial charge in [0.15, 0.2) is 0 Å². The summed E-state index contributed by atoms with van der Waals surface area (Å²) in [4.78, 5) is 36.6. The third-order valence-electron chi connectivity index (χ3n) is 4.17. The third kappa shape index (κ3) is 5.95. The van der Waals surface area contributed by atoms with Gasteiger partial charge in [0.05, 0.1) is 17.0 Å². The summed E-state index contributed by atoms with van der Waals surface area (Å²) in [6.07, 6.45) is 1.64. The first-order valence-electron chi connectivity index (χ1n) is 9.62. The Morgan fingerprint density at radius 3 is 2.42 bits per heavy atom. The molecule has 0 saturated carbocycles. The van der Waals surface area contributed by atoms with Gasteiger partial charge in [-0.05, 0) is 56.3 Å². The number of nitrogens with one attached hydrogen (secondary N) is 2. The lowest BCUT2D eigenvalue weighted by molar-refractivity contribution is -0.119. The summed E-state index contributed by atoms with van der Waals surface area (Å²) in [5, 5.41) is 9.80. The topological polar surface area (TPSA) is 119 Å². The van der Waals surface area contributed by atoms with E-state index in [0.717, 1.165) is 10.6 Å². The van der Waals surface area contributed by atoms with Gasteiger partial charge in [-0.3, -0.25) is 14.4 Å². The van der Waals surface area contributed by atoms with Crippen molar-refractivity contribution in [3.8, 4) is 5.69 Å². The summed E-state index contributed by atoms with van der Waals surface area (Å²) >= 11 is 1.32. The number of carbonyl (C=O) groups excluding carboxylic acids is 3. The van der Waals surface area contributed by atoms with E-state index in [0.29, 0.717) is 11.3 Å². The van der Waals surface area contributed by atoms with E-state index in [4.69, 9.17) is 5.73 Å². The van der Waals surface area contributed by atoms with Gasteiger partial charge in [0.2, 0.25) is 5.91 Å². The molecule has 1 heterocycles. The molecular weight excluding hydrogens is 414 g/mol. The molecule has 0 unspecified atom stereocenters. The fraction of sp³-hybridized carbons (Fsp3) is 0.182. The predicted molar refractivity (Wildman–Crippen MR) is 120 cm³/mol. The van der Waals surface area contributed by atoms with Crippen LogP contribution >= 0.6 is 11.8 Å². The molecule has 160 valence electrons. The van der Waals surface area contributed by atoms with E-state index >= 15 is 0 Å². The number of benzene rings is 2. The number of aromatic nitrogens is 2. The number of primary amides is 1. The van der Waals surface area contributed by atoms with E-state index in [1.165, 1.54) is 22.5 Å². The first kappa shape index (κ1) is 22.1. The summed E-state index contributed by atoms with van der Waals surface area (Å²) in [7, 11) is 0. The van der Waals surface area contributed by atoms with Gasteiger partial charge in [0.1, 0.15) is 5.69 Å². The zero-order chi connectivity index (χ0) is 22.4. The lowest BCUT2D eigenvalue weighted by atomic mass is 10.2. The molecule has 9 heteroatoms. The Bertz CT molecular complexity index is 1090. The molecule has 0 aliphatic rings. The maximum absolute atomic E-state index is 12.8. The smallest absolute Gasteiger partial charge is 0.269 e. The number of hydrogen-bond acceptors (Lipinski definition) is 5. The monoisotopic (exact) mass is 437 g/mol. The minimum atomic E-state index is -0.596. The van der Waals surface area contributed by atoms with Gasteiger partial charge in [-0.1, -0.05) is 12.1 Å². The Balaban J connectivity index is 1.67. The van der Waals surface area contributed by atoms with Crippen LogP contribution in [-0.4, -0.2) is 39.3 Å². The summed E-state index contributed by atoms with van der Waals surface area (Å²) in [6.45, 7) is 3.80. The zero-order valence-corrected chi connectivity index (χ0v) is 18.0. The lowest BCUT2D eigenvalue weighted by Crippen LogP contribution is -2.31. The van der Waals surface area contributed by atoms with E-state index in [9.17, 15) is 14.4 Å². The van der Waals surface area contributed by atoms with Crippen molar-refractivity contribution in [2.24, 2.45) is 5.73 Å². The molecule has 3 amide bonds. The molecule has 0 bridgehead atoms. The highest BCUT2D eigenvalue weighted by molar-refractivity contribution is 8.00. The highest BCUT2D eigenvalue weighted by Gasteiger charge is 2.14. The van der Waals surface area contributed by atoms with Gasteiger partial charge in [-0.15, -0.1) is 11.8 Å². The van der Waals surface area contributed by atoms with Crippen LogP contribution in [0.5, 0.6) is 0 Å². The van der Waals surface area contributed by atoms with Crippen molar-refractivity contribution in [3.63, 3.8) is 0 Å². The van der Waals surface area contributed by atoms with Gasteiger partial charge < -0.3 is 16.4 Å². The van der Waals surface area contributed by atoms with Crippen LogP contribution in [0.3, 0.4) is 0 Å². The van der Waals surface area contributed by atoms with Crippen LogP contribution in [0.25, 0.3) is 5.69 Å². The van der Waals surface area contributed by atoms with Gasteiger partial charge in [-0.25, -0.2) is 4.68 Å². The molecule has 0 spiro atoms. The molecule has 0 fully saturated rings. The van der Waals surface area contributed by atoms with E-state index < -0.39 is 5.91 Å². The quantitative estimate of drug-likeness (QED) is 0.468. The predicted octanol–water partition coefficient (Wildman–Crippen LogP) is 2.84. The Kier molecular flexibility index (Phi) is 7.09. The molecule has 0 aliphatic heterocycles. The summed E-state index contributed by atoms with van der Waals surface area (Å²) in [5.41, 5.74) is 7.22. The van der Waals surface area contributed by atoms with Gasteiger partial charge in [0.25, 0.3) is 11.8 Å². The molecule has 0 atom stereocenters. The maximum Gasteiger partial charge on any atom is 0.269 e. The number of thioether (sulfide) groups is 1. The highest BCUT2D eigenvalue weighted by atomic mass is 32.2. The second-order valence-electron chi connectivity index (χ2n) is 7.02. The van der Waals surface area contributed by atoms with Crippen LogP contribution in [0.1, 0.15) is 34.7 Å². The van der Waals surface area contributed by atoms with E-state index in [-0.39, 0.29) is 29.3 Å². The molecular formula is C22H23N5O3S. The van der Waals surface area contributed by atoms with Crippen LogP contribution in [0.4, 0.5) is 5.69 Å². The summed E-state index contributed by atoms with van der Waals surface area (Å²) < 4.78 is 1.53. The van der Waals surface area contributed by atoms with Crippen molar-refractivity contribution >= 4 is 35.2 Å². The number of anilines is 1. The van der Waals surface area contributed by atoms with Crippen LogP contribution in [0.2, 0.25) is 0 Å². The SMILES string of the molecule is CC(C)NC(=O)CSc1ccccc1C(=O)Nc1ccc(-n2ccc(C(N)=O)n2)cc1. The largest absolute Gasteiger partial charge is 0.364 e. The van der Waals surface area contributed by atoms with Crippen molar-refractivity contribution < 1.29 is 14.4 Å². The highest BCUT2D eigenvalue weighted by Crippen LogP contribution is 2.24. The lowest BCUT2D eigenvalue weighted by Gasteiger charge is -2.11. The van der Waals surface area contributed by atoms with Crippen molar-refractivity contribution in [1.82, 2.24) is 15.1 Å². The number of rotatable bonds is 8. The third-order valence-corrected chi connectivity index (χ3v) is 5.24. The number of carbonyl (C=O) groups is 3. The number of nitrogens with two attached hydrogens (primary N) is 1. The molecule has 3 aromatic rings. The normalized spacial score (nSPS) is 10.7. The van der Waals surface area contributed by atoms with Gasteiger partial charge >= 0.3 is 0 Å². The second-order valence-corrected chi connectivity index (χ2v) is 8.04. The minimum absolute atomic E-state index is 0.0683. The fourth-order valence-electron chi connectivity index (χ4n) is 2.78. The minimum Gasteiger partial charge on any atom is -0.364 e. The van der Waals surface area contributed by atoms with Gasteiger partial charge in [0, 0.05) is 22.8 Å². The molecule has 0 saturated heterocycles. The van der Waals surface area contributed by atoms with Crippen LogP contribution in [0.15, 0.2) is 65.7 Å². The average molecular weight is 438 g/mol. The molecule has 31 heavy (non-hydrogen) atoms. The second kappa shape index (κ2) is 9.94. The number of amides is 3. The van der Waals surface area contributed by atoms with Crippen molar-refractivity contribution in [3.05, 3.63) is 72.1 Å². The van der Waals surface area contributed by atoms with Crippen molar-refractivity contribution in [2.75, 3.05) is 11.1 Å². The molecule has 0 radical (unpaired) electrons. The van der Waals surface area contributed by atoms with Gasteiger partial charge in [-0.2, -0.15) is 5.10 Å². The summed E-state index contributed by atoms with van der Waals surface area (Å²) in [6, 6.07) is 15.8. The zero-order valence-electron chi connectivity index (χ0n) is 17.2. The van der Waals surface area contributed by atoms with E-state index in [1.54, 1.807) is 42.6 Å². The standard InChI is InChI=1S/C22H23N5O3S/c1-14(2)24-20(28)13-31-19-6-4-3-5-17(19)22(30)25-15-7-9-16(10-8-15)27-12-11-18(26-27)21(23)29/h3-12,14H,13H2,1-2H3,(H2,23,29)(H,24,28)(H,25,30). The molecule has 3 rings (SSSR count). The van der Waals surface area contributed by atoms with Crippen LogP contribution < -0.4 is 16.4 Å². The summed E-state index contributed by atoms with van der Waals surface area (Å²) in [5.74, 6) is -0.714. The molecule has 2 aromatic carbocycles.